The smallest absolute Gasteiger partial charge is 0.228 e. The van der Waals surface area contributed by atoms with Crippen LogP contribution in [0.5, 0.6) is 11.5 Å². The summed E-state index contributed by atoms with van der Waals surface area (Å²) in [6.45, 7) is 2.91. The number of benzene rings is 1. The maximum atomic E-state index is 12.1. The zero-order valence-electron chi connectivity index (χ0n) is 10.6. The van der Waals surface area contributed by atoms with Gasteiger partial charge in [-0.3, -0.25) is 4.79 Å². The summed E-state index contributed by atoms with van der Waals surface area (Å²) >= 11 is 0. The summed E-state index contributed by atoms with van der Waals surface area (Å²) in [5, 5.41) is 6.38. The minimum Gasteiger partial charge on any atom is -0.486 e. The number of carbonyl (C=O) groups excluding carboxylic acids is 1. The zero-order valence-corrected chi connectivity index (χ0v) is 10.6. The summed E-state index contributed by atoms with van der Waals surface area (Å²) in [6.07, 6.45) is 0.893. The summed E-state index contributed by atoms with van der Waals surface area (Å²) in [5.41, 5.74) is 2.04. The molecule has 1 saturated heterocycles. The standard InChI is InChI=1S/C14H16N2O3/c17-14-8-1-2-15-7-10(8)9-5-12-13(6-11(9)16-14)19-4-3-18-12/h5-6,8,10,15H,1-4,7H2,(H,16,17). The Labute approximate surface area is 111 Å². The molecule has 1 aromatic carbocycles. The van der Waals surface area contributed by atoms with E-state index in [-0.39, 0.29) is 17.7 Å². The molecule has 0 aliphatic carbocycles. The number of nitrogens with one attached hydrogen (secondary N) is 2. The number of piperidine rings is 1. The van der Waals surface area contributed by atoms with Crippen molar-refractivity contribution in [3.63, 3.8) is 0 Å². The summed E-state index contributed by atoms with van der Waals surface area (Å²) in [7, 11) is 0. The second kappa shape index (κ2) is 4.13. The minimum atomic E-state index is 0.0799. The van der Waals surface area contributed by atoms with Crippen LogP contribution in [0.15, 0.2) is 12.1 Å². The van der Waals surface area contributed by atoms with Crippen LogP contribution in [0.1, 0.15) is 17.9 Å². The van der Waals surface area contributed by atoms with Crippen LogP contribution < -0.4 is 20.1 Å². The molecule has 5 nitrogen and oxygen atoms in total. The highest BCUT2D eigenvalue weighted by Crippen LogP contribution is 2.44. The molecule has 0 bridgehead atoms. The van der Waals surface area contributed by atoms with Gasteiger partial charge in [0.15, 0.2) is 11.5 Å². The van der Waals surface area contributed by atoms with Crippen LogP contribution in [-0.2, 0) is 4.79 Å². The monoisotopic (exact) mass is 260 g/mol. The Bertz CT molecular complexity index is 544. The van der Waals surface area contributed by atoms with Gasteiger partial charge in [-0.1, -0.05) is 0 Å². The molecule has 3 aliphatic heterocycles. The molecule has 4 rings (SSSR count). The van der Waals surface area contributed by atoms with Crippen molar-refractivity contribution in [2.75, 3.05) is 31.6 Å². The molecule has 1 aromatic rings. The third kappa shape index (κ3) is 1.69. The third-order valence-corrected chi connectivity index (χ3v) is 4.19. The molecule has 5 heteroatoms. The topological polar surface area (TPSA) is 59.6 Å². The van der Waals surface area contributed by atoms with Gasteiger partial charge in [0.25, 0.3) is 0 Å². The third-order valence-electron chi connectivity index (χ3n) is 4.19. The van der Waals surface area contributed by atoms with Crippen LogP contribution in [0.2, 0.25) is 0 Å². The lowest BCUT2D eigenvalue weighted by Gasteiger charge is -2.37. The van der Waals surface area contributed by atoms with Gasteiger partial charge in [0, 0.05) is 30.1 Å². The number of anilines is 1. The number of rotatable bonds is 0. The van der Waals surface area contributed by atoms with E-state index in [2.05, 4.69) is 10.6 Å². The van der Waals surface area contributed by atoms with Crippen LogP contribution in [0.25, 0.3) is 0 Å². The summed E-state index contributed by atoms with van der Waals surface area (Å²) < 4.78 is 11.2. The van der Waals surface area contributed by atoms with E-state index >= 15 is 0 Å². The van der Waals surface area contributed by atoms with Crippen LogP contribution in [0, 0.1) is 5.92 Å². The summed E-state index contributed by atoms with van der Waals surface area (Å²) in [6, 6.07) is 3.93. The number of hydrogen-bond donors (Lipinski definition) is 2. The maximum Gasteiger partial charge on any atom is 0.228 e. The number of hydrogen-bond acceptors (Lipinski definition) is 4. The Morgan fingerprint density at radius 1 is 1.11 bits per heavy atom. The molecule has 3 aliphatic rings. The molecule has 3 heterocycles. The fraction of sp³-hybridized carbons (Fsp3) is 0.500. The highest BCUT2D eigenvalue weighted by atomic mass is 16.6. The lowest BCUT2D eigenvalue weighted by atomic mass is 9.77. The van der Waals surface area contributed by atoms with Crippen molar-refractivity contribution < 1.29 is 14.3 Å². The van der Waals surface area contributed by atoms with Gasteiger partial charge >= 0.3 is 0 Å². The zero-order chi connectivity index (χ0) is 12.8. The Balaban J connectivity index is 1.81. The van der Waals surface area contributed by atoms with Crippen LogP contribution in [0.3, 0.4) is 0 Å². The molecule has 1 fully saturated rings. The van der Waals surface area contributed by atoms with Crippen LogP contribution in [-0.4, -0.2) is 32.2 Å². The number of carbonyl (C=O) groups is 1. The lowest BCUT2D eigenvalue weighted by molar-refractivity contribution is -0.121. The Morgan fingerprint density at radius 2 is 1.89 bits per heavy atom. The molecule has 0 aromatic heterocycles. The molecule has 19 heavy (non-hydrogen) atoms. The fourth-order valence-electron chi connectivity index (χ4n) is 3.24. The fourth-order valence-corrected chi connectivity index (χ4v) is 3.24. The summed E-state index contributed by atoms with van der Waals surface area (Å²) in [5.74, 6) is 1.98. The molecule has 0 spiro atoms. The van der Waals surface area contributed by atoms with E-state index in [0.29, 0.717) is 13.2 Å². The van der Waals surface area contributed by atoms with Crippen molar-refractivity contribution in [1.29, 1.82) is 0 Å². The molecular formula is C14H16N2O3. The van der Waals surface area contributed by atoms with Crippen molar-refractivity contribution >= 4 is 11.6 Å². The SMILES string of the molecule is O=C1Nc2cc3c(cc2C2CNCCC12)OCCO3. The first-order valence-corrected chi connectivity index (χ1v) is 6.78. The second-order valence-corrected chi connectivity index (χ2v) is 5.28. The molecule has 2 N–H and O–H groups in total. The van der Waals surface area contributed by atoms with Gasteiger partial charge in [-0.05, 0) is 24.6 Å². The molecule has 100 valence electrons. The first-order chi connectivity index (χ1) is 9.33. The van der Waals surface area contributed by atoms with Crippen molar-refractivity contribution in [3.8, 4) is 11.5 Å². The summed E-state index contributed by atoms with van der Waals surface area (Å²) in [4.78, 5) is 12.1. The predicted molar refractivity (Wildman–Crippen MR) is 69.8 cm³/mol. The molecule has 2 unspecified atom stereocenters. The van der Waals surface area contributed by atoms with E-state index in [9.17, 15) is 4.79 Å². The quantitative estimate of drug-likeness (QED) is 0.733. The van der Waals surface area contributed by atoms with Crippen LogP contribution >= 0.6 is 0 Å². The van der Waals surface area contributed by atoms with Gasteiger partial charge in [-0.15, -0.1) is 0 Å². The Morgan fingerprint density at radius 3 is 2.74 bits per heavy atom. The van der Waals surface area contributed by atoms with Gasteiger partial charge in [0.05, 0.1) is 0 Å². The van der Waals surface area contributed by atoms with E-state index < -0.39 is 0 Å². The molecule has 0 radical (unpaired) electrons. The number of fused-ring (bicyclic) bond motifs is 4. The maximum absolute atomic E-state index is 12.1. The van der Waals surface area contributed by atoms with E-state index in [1.807, 2.05) is 12.1 Å². The van der Waals surface area contributed by atoms with Crippen LogP contribution in [0.4, 0.5) is 5.69 Å². The van der Waals surface area contributed by atoms with Crippen molar-refractivity contribution in [1.82, 2.24) is 5.32 Å². The molecule has 2 atom stereocenters. The van der Waals surface area contributed by atoms with Gasteiger partial charge in [-0.2, -0.15) is 0 Å². The predicted octanol–water partition coefficient (Wildman–Crippen LogP) is 1.10. The van der Waals surface area contributed by atoms with Crippen molar-refractivity contribution in [2.45, 2.75) is 12.3 Å². The average Bonchev–Trinajstić information content (AvgIpc) is 2.46. The van der Waals surface area contributed by atoms with Gasteiger partial charge < -0.3 is 20.1 Å². The Hall–Kier alpha value is -1.75. The number of ether oxygens (including phenoxy) is 2. The first-order valence-electron chi connectivity index (χ1n) is 6.78. The average molecular weight is 260 g/mol. The van der Waals surface area contributed by atoms with E-state index in [1.165, 1.54) is 5.56 Å². The highest BCUT2D eigenvalue weighted by Gasteiger charge is 2.38. The van der Waals surface area contributed by atoms with Crippen molar-refractivity contribution in [3.05, 3.63) is 17.7 Å². The number of amides is 1. The van der Waals surface area contributed by atoms with Gasteiger partial charge in [0.1, 0.15) is 13.2 Å². The van der Waals surface area contributed by atoms with E-state index in [4.69, 9.17) is 9.47 Å². The molecule has 1 amide bonds. The second-order valence-electron chi connectivity index (χ2n) is 5.28. The van der Waals surface area contributed by atoms with Gasteiger partial charge in [0.2, 0.25) is 5.91 Å². The van der Waals surface area contributed by atoms with Crippen molar-refractivity contribution in [2.24, 2.45) is 5.92 Å². The minimum absolute atomic E-state index is 0.0799. The molecule has 0 saturated carbocycles. The normalized spacial score (nSPS) is 28.1. The Kier molecular flexibility index (Phi) is 2.41. The molecular weight excluding hydrogens is 244 g/mol. The first kappa shape index (κ1) is 11.1. The largest absolute Gasteiger partial charge is 0.486 e. The highest BCUT2D eigenvalue weighted by molar-refractivity contribution is 5.97. The van der Waals surface area contributed by atoms with E-state index in [0.717, 1.165) is 36.7 Å². The van der Waals surface area contributed by atoms with E-state index in [1.54, 1.807) is 0 Å². The lowest BCUT2D eigenvalue weighted by Crippen LogP contribution is -2.44. The van der Waals surface area contributed by atoms with Gasteiger partial charge in [-0.25, -0.2) is 0 Å².